The van der Waals surface area contributed by atoms with Gasteiger partial charge in [-0.1, -0.05) is 36.8 Å². The van der Waals surface area contributed by atoms with Gasteiger partial charge in [0.05, 0.1) is 12.3 Å². The highest BCUT2D eigenvalue weighted by molar-refractivity contribution is 5.97. The number of esters is 1. The molecule has 4 rings (SSSR count). The molecule has 1 aliphatic heterocycles. The molecule has 2 aromatic rings. The zero-order chi connectivity index (χ0) is 28.3. The first-order valence-corrected chi connectivity index (χ1v) is 13.6. The van der Waals surface area contributed by atoms with Crippen LogP contribution in [0.4, 0.5) is 0 Å². The van der Waals surface area contributed by atoms with Gasteiger partial charge in [-0.05, 0) is 73.6 Å². The second kappa shape index (κ2) is 14.2. The second-order valence-electron chi connectivity index (χ2n) is 9.91. The number of hydrazone groups is 1. The number of hydrogen-bond acceptors (Lipinski definition) is 7. The molecule has 1 fully saturated rings. The van der Waals surface area contributed by atoms with Crippen LogP contribution in [0.5, 0.6) is 0 Å². The maximum atomic E-state index is 13.4. The van der Waals surface area contributed by atoms with Crippen LogP contribution in [0.15, 0.2) is 65.8 Å². The molecule has 0 radical (unpaired) electrons. The van der Waals surface area contributed by atoms with Crippen LogP contribution >= 0.6 is 0 Å². The lowest BCUT2D eigenvalue weighted by Gasteiger charge is -2.39. The van der Waals surface area contributed by atoms with Gasteiger partial charge in [0, 0.05) is 30.5 Å². The summed E-state index contributed by atoms with van der Waals surface area (Å²) in [5, 5.41) is 12.8. The van der Waals surface area contributed by atoms with Crippen molar-refractivity contribution in [2.24, 2.45) is 5.10 Å². The van der Waals surface area contributed by atoms with Crippen molar-refractivity contribution >= 4 is 29.9 Å². The van der Waals surface area contributed by atoms with E-state index in [2.05, 4.69) is 10.5 Å². The summed E-state index contributed by atoms with van der Waals surface area (Å²) in [6, 6.07) is 13.1. The van der Waals surface area contributed by atoms with Crippen LogP contribution in [0, 0.1) is 0 Å². The number of amides is 3. The average molecular weight is 547 g/mol. The Morgan fingerprint density at radius 1 is 0.975 bits per heavy atom. The highest BCUT2D eigenvalue weighted by Crippen LogP contribution is 2.29. The van der Waals surface area contributed by atoms with E-state index in [0.29, 0.717) is 37.8 Å². The first-order valence-electron chi connectivity index (χ1n) is 13.6. The van der Waals surface area contributed by atoms with Crippen LogP contribution in [-0.2, 0) is 20.9 Å². The van der Waals surface area contributed by atoms with Gasteiger partial charge in [0.1, 0.15) is 6.10 Å². The fraction of sp³-hybridized carbons (Fsp3) is 0.367. The van der Waals surface area contributed by atoms with E-state index in [4.69, 9.17) is 9.94 Å². The normalized spacial score (nSPS) is 21.0. The van der Waals surface area contributed by atoms with Crippen molar-refractivity contribution in [3.05, 3.63) is 82.9 Å². The molecule has 0 saturated heterocycles. The van der Waals surface area contributed by atoms with Crippen molar-refractivity contribution in [3.8, 4) is 0 Å². The molecule has 0 spiro atoms. The minimum atomic E-state index is -0.670. The Bertz CT molecular complexity index is 1270. The largest absolute Gasteiger partial charge is 0.460 e. The van der Waals surface area contributed by atoms with Crippen molar-refractivity contribution in [3.63, 3.8) is 0 Å². The first-order chi connectivity index (χ1) is 19.4. The standard InChI is InChI=1S/C30H34N4O6/c35-27-12-3-1-2-4-13-28(36)40-26-11-6-5-10-25(26)34(27)20-22-9-7-8-21(18-22)19-31-32-29(37)23-14-16-24(17-15-23)30(38)33-39/h1-2,7-9,14-19,25-26,39H,3-6,10-13,20H2,(H,32,37)(H,33,38)/b2-1+,31-19+/t25-,26-/m1/s1. The van der Waals surface area contributed by atoms with E-state index in [1.165, 1.54) is 36.0 Å². The number of fused-ring (bicyclic) bond motifs is 1. The molecule has 40 heavy (non-hydrogen) atoms. The highest BCUT2D eigenvalue weighted by atomic mass is 16.5. The van der Waals surface area contributed by atoms with Gasteiger partial charge in [0.15, 0.2) is 0 Å². The molecular formula is C30H34N4O6. The van der Waals surface area contributed by atoms with E-state index >= 15 is 0 Å². The Labute approximate surface area is 233 Å². The maximum absolute atomic E-state index is 13.4. The molecule has 10 heteroatoms. The summed E-state index contributed by atoms with van der Waals surface area (Å²) >= 11 is 0. The molecule has 0 aromatic heterocycles. The van der Waals surface area contributed by atoms with Gasteiger partial charge in [-0.25, -0.2) is 10.9 Å². The van der Waals surface area contributed by atoms with Crippen LogP contribution in [0.2, 0.25) is 0 Å². The molecule has 0 unspecified atom stereocenters. The van der Waals surface area contributed by atoms with Crippen molar-refractivity contribution in [1.29, 1.82) is 0 Å². The Morgan fingerprint density at radius 3 is 2.42 bits per heavy atom. The fourth-order valence-electron chi connectivity index (χ4n) is 5.01. The molecule has 2 aliphatic rings. The van der Waals surface area contributed by atoms with E-state index in [0.717, 1.165) is 36.8 Å². The topological polar surface area (TPSA) is 137 Å². The Hall–Kier alpha value is -4.31. The third-order valence-corrected chi connectivity index (χ3v) is 7.07. The summed E-state index contributed by atoms with van der Waals surface area (Å²) in [6.45, 7) is 0.378. The van der Waals surface area contributed by atoms with E-state index in [1.54, 1.807) is 0 Å². The molecule has 0 bridgehead atoms. The van der Waals surface area contributed by atoms with Crippen molar-refractivity contribution in [2.45, 2.75) is 70.1 Å². The quantitative estimate of drug-likeness (QED) is 0.165. The number of nitrogens with one attached hydrogen (secondary N) is 2. The molecule has 1 saturated carbocycles. The lowest BCUT2D eigenvalue weighted by Crippen LogP contribution is -2.49. The van der Waals surface area contributed by atoms with Crippen LogP contribution in [0.25, 0.3) is 0 Å². The number of ether oxygens (including phenoxy) is 1. The predicted molar refractivity (Wildman–Crippen MR) is 147 cm³/mol. The van der Waals surface area contributed by atoms with Gasteiger partial charge in [-0.15, -0.1) is 0 Å². The molecule has 3 N–H and O–H groups in total. The summed E-state index contributed by atoms with van der Waals surface area (Å²) in [5.74, 6) is -1.32. The number of nitrogens with zero attached hydrogens (tertiary/aromatic N) is 2. The van der Waals surface area contributed by atoms with Crippen LogP contribution in [0.3, 0.4) is 0 Å². The summed E-state index contributed by atoms with van der Waals surface area (Å²) in [7, 11) is 0. The SMILES string of the molecule is O=C1CC/C=C/CCC(=O)N(Cc2cccc(/C=N/NC(=O)c3ccc(C(=O)NO)cc3)c2)[C@@H]2CCCC[C@H]2O1. The van der Waals surface area contributed by atoms with Gasteiger partial charge in [-0.3, -0.25) is 24.4 Å². The first kappa shape index (κ1) is 28.7. The Balaban J connectivity index is 1.44. The van der Waals surface area contributed by atoms with Gasteiger partial charge < -0.3 is 9.64 Å². The monoisotopic (exact) mass is 546 g/mol. The average Bonchev–Trinajstić information content (AvgIpc) is 2.97. The van der Waals surface area contributed by atoms with Crippen LogP contribution in [0.1, 0.15) is 83.2 Å². The second-order valence-corrected chi connectivity index (χ2v) is 9.91. The smallest absolute Gasteiger partial charge is 0.306 e. The minimum absolute atomic E-state index is 0.0343. The molecule has 2 atom stereocenters. The van der Waals surface area contributed by atoms with Crippen LogP contribution in [-0.4, -0.2) is 52.2 Å². The molecule has 210 valence electrons. The third-order valence-electron chi connectivity index (χ3n) is 7.07. The van der Waals surface area contributed by atoms with Crippen molar-refractivity contribution in [1.82, 2.24) is 15.8 Å². The number of carbonyl (C=O) groups excluding carboxylic acids is 4. The molecule has 2 aromatic carbocycles. The number of hydroxylamine groups is 1. The third kappa shape index (κ3) is 7.86. The maximum Gasteiger partial charge on any atom is 0.306 e. The Kier molecular flexibility index (Phi) is 10.2. The van der Waals surface area contributed by atoms with Gasteiger partial charge in [0.25, 0.3) is 11.8 Å². The molecule has 1 aliphatic carbocycles. The molecular weight excluding hydrogens is 512 g/mol. The fourth-order valence-corrected chi connectivity index (χ4v) is 5.01. The zero-order valence-electron chi connectivity index (χ0n) is 22.3. The lowest BCUT2D eigenvalue weighted by atomic mass is 9.90. The number of rotatable bonds is 6. The number of carbonyl (C=O) groups is 4. The van der Waals surface area contributed by atoms with Gasteiger partial charge >= 0.3 is 5.97 Å². The zero-order valence-corrected chi connectivity index (χ0v) is 22.3. The van der Waals surface area contributed by atoms with E-state index < -0.39 is 11.8 Å². The predicted octanol–water partition coefficient (Wildman–Crippen LogP) is 3.88. The van der Waals surface area contributed by atoms with E-state index in [9.17, 15) is 19.2 Å². The summed E-state index contributed by atoms with van der Waals surface area (Å²) in [5.41, 5.74) is 6.15. The van der Waals surface area contributed by atoms with Gasteiger partial charge in [0.2, 0.25) is 5.91 Å². The summed E-state index contributed by atoms with van der Waals surface area (Å²) in [4.78, 5) is 51.5. The van der Waals surface area contributed by atoms with E-state index in [1.807, 2.05) is 41.3 Å². The highest BCUT2D eigenvalue weighted by Gasteiger charge is 2.35. The van der Waals surface area contributed by atoms with Crippen molar-refractivity contribution in [2.75, 3.05) is 0 Å². The number of benzene rings is 2. The van der Waals surface area contributed by atoms with E-state index in [-0.39, 0.29) is 29.6 Å². The molecule has 3 amide bonds. The molecule has 1 heterocycles. The molecule has 10 nitrogen and oxygen atoms in total. The summed E-state index contributed by atoms with van der Waals surface area (Å²) in [6.07, 6.45) is 10.6. The summed E-state index contributed by atoms with van der Waals surface area (Å²) < 4.78 is 5.84. The number of hydrogen-bond donors (Lipinski definition) is 3. The van der Waals surface area contributed by atoms with Crippen molar-refractivity contribution < 1.29 is 29.1 Å². The lowest BCUT2D eigenvalue weighted by molar-refractivity contribution is -0.159. The number of allylic oxidation sites excluding steroid dienone is 2. The minimum Gasteiger partial charge on any atom is -0.460 e. The van der Waals surface area contributed by atoms with Crippen LogP contribution < -0.4 is 10.9 Å². The van der Waals surface area contributed by atoms with Gasteiger partial charge in [-0.2, -0.15) is 5.10 Å². The Morgan fingerprint density at radius 2 is 1.68 bits per heavy atom.